The van der Waals surface area contributed by atoms with Crippen molar-refractivity contribution in [2.45, 2.75) is 52.0 Å². The molecule has 1 fully saturated rings. The van der Waals surface area contributed by atoms with Crippen LogP contribution in [0.15, 0.2) is 24.3 Å². The third-order valence-corrected chi connectivity index (χ3v) is 5.30. The third-order valence-electron chi connectivity index (χ3n) is 5.30. The summed E-state index contributed by atoms with van der Waals surface area (Å²) in [6.07, 6.45) is 6.58. The zero-order valence-electron chi connectivity index (χ0n) is 13.0. The first-order valence-electron chi connectivity index (χ1n) is 8.29. The molecule has 0 spiro atoms. The molecule has 1 atom stereocenters. The molecule has 2 nitrogen and oxygen atoms in total. The van der Waals surface area contributed by atoms with Crippen molar-refractivity contribution in [2.24, 2.45) is 5.41 Å². The number of hydrogen-bond acceptors (Lipinski definition) is 2. The van der Waals surface area contributed by atoms with Gasteiger partial charge in [0.25, 0.3) is 0 Å². The monoisotopic (exact) mass is 272 g/mol. The number of hydrogen-bond donors (Lipinski definition) is 1. The van der Waals surface area contributed by atoms with Gasteiger partial charge in [0.15, 0.2) is 0 Å². The van der Waals surface area contributed by atoms with Gasteiger partial charge in [-0.05, 0) is 62.7 Å². The van der Waals surface area contributed by atoms with E-state index in [0.29, 0.717) is 11.5 Å². The normalized spacial score (nSPS) is 24.7. The molecule has 1 aromatic rings. The highest BCUT2D eigenvalue weighted by Gasteiger charge is 2.36. The van der Waals surface area contributed by atoms with Crippen molar-refractivity contribution < 1.29 is 0 Å². The van der Waals surface area contributed by atoms with Gasteiger partial charge in [-0.15, -0.1) is 0 Å². The van der Waals surface area contributed by atoms with E-state index in [9.17, 15) is 0 Å². The fourth-order valence-electron chi connectivity index (χ4n) is 4.21. The fraction of sp³-hybridized carbons (Fsp3) is 0.667. The maximum absolute atomic E-state index is 3.53. The lowest BCUT2D eigenvalue weighted by atomic mass is 9.75. The number of para-hydroxylation sites is 1. The van der Waals surface area contributed by atoms with Crippen LogP contribution in [0.25, 0.3) is 0 Å². The molecule has 1 N–H and O–H groups in total. The zero-order valence-corrected chi connectivity index (χ0v) is 13.0. The van der Waals surface area contributed by atoms with Gasteiger partial charge in [-0.2, -0.15) is 0 Å². The smallest absolute Gasteiger partial charge is 0.0402 e. The lowest BCUT2D eigenvalue weighted by molar-refractivity contribution is 0.185. The highest BCUT2D eigenvalue weighted by Crippen LogP contribution is 2.40. The number of piperidine rings is 1. The van der Waals surface area contributed by atoms with Gasteiger partial charge in [-0.25, -0.2) is 0 Å². The first kappa shape index (κ1) is 13.9. The molecule has 0 saturated carbocycles. The van der Waals surface area contributed by atoms with Crippen molar-refractivity contribution in [1.29, 1.82) is 0 Å². The molecule has 0 bridgehead atoms. The largest absolute Gasteiger partial charge is 0.368 e. The Kier molecular flexibility index (Phi) is 4.02. The quantitative estimate of drug-likeness (QED) is 0.901. The van der Waals surface area contributed by atoms with Crippen LogP contribution in [0.3, 0.4) is 0 Å². The van der Waals surface area contributed by atoms with E-state index in [1.807, 2.05) is 0 Å². The summed E-state index contributed by atoms with van der Waals surface area (Å²) in [5.74, 6) is 0. The fourth-order valence-corrected chi connectivity index (χ4v) is 4.21. The van der Waals surface area contributed by atoms with Crippen LogP contribution in [-0.4, -0.2) is 25.7 Å². The molecule has 3 rings (SSSR count). The average molecular weight is 272 g/mol. The molecule has 0 amide bonds. The number of nitrogens with zero attached hydrogens (tertiary/aromatic N) is 1. The van der Waals surface area contributed by atoms with Crippen LogP contribution in [0.5, 0.6) is 0 Å². The van der Waals surface area contributed by atoms with Crippen LogP contribution in [0, 0.1) is 5.41 Å². The molecular weight excluding hydrogens is 244 g/mol. The Labute approximate surface area is 123 Å². The first-order valence-corrected chi connectivity index (χ1v) is 8.29. The molecule has 2 heteroatoms. The van der Waals surface area contributed by atoms with Crippen LogP contribution in [0.1, 0.15) is 45.1 Å². The van der Waals surface area contributed by atoms with Crippen LogP contribution in [0.4, 0.5) is 5.69 Å². The molecule has 2 aliphatic rings. The predicted octanol–water partition coefficient (Wildman–Crippen LogP) is 3.61. The topological polar surface area (TPSA) is 15.3 Å². The van der Waals surface area contributed by atoms with Crippen molar-refractivity contribution in [3.05, 3.63) is 29.8 Å². The van der Waals surface area contributed by atoms with Crippen LogP contribution in [0.2, 0.25) is 0 Å². The molecule has 1 aromatic carbocycles. The van der Waals surface area contributed by atoms with Crippen molar-refractivity contribution in [2.75, 3.05) is 24.5 Å². The molecule has 2 heterocycles. The standard InChI is InChI=1S/C18H28N2/c1-3-8-18(9-11-19-12-10-18)14-20-15(2)13-16-6-4-5-7-17(16)20/h4-7,15,19H,3,8-14H2,1-2H3. The molecule has 1 unspecified atom stereocenters. The van der Waals surface area contributed by atoms with E-state index < -0.39 is 0 Å². The van der Waals surface area contributed by atoms with E-state index in [1.54, 1.807) is 5.56 Å². The molecule has 0 aromatic heterocycles. The summed E-state index contributed by atoms with van der Waals surface area (Å²) in [6, 6.07) is 9.66. The Morgan fingerprint density at radius 1 is 1.25 bits per heavy atom. The highest BCUT2D eigenvalue weighted by molar-refractivity contribution is 5.59. The number of anilines is 1. The van der Waals surface area contributed by atoms with Crippen molar-refractivity contribution in [3.8, 4) is 0 Å². The molecule has 0 aliphatic carbocycles. The second-order valence-corrected chi connectivity index (χ2v) is 6.81. The van der Waals surface area contributed by atoms with Crippen molar-refractivity contribution in [1.82, 2.24) is 5.32 Å². The van der Waals surface area contributed by atoms with Gasteiger partial charge >= 0.3 is 0 Å². The Balaban J connectivity index is 1.81. The summed E-state index contributed by atoms with van der Waals surface area (Å²) in [4.78, 5) is 2.69. The Morgan fingerprint density at radius 3 is 2.75 bits per heavy atom. The maximum atomic E-state index is 3.53. The minimum absolute atomic E-state index is 0.533. The van der Waals surface area contributed by atoms with Gasteiger partial charge in [0.1, 0.15) is 0 Å². The summed E-state index contributed by atoms with van der Waals surface area (Å²) < 4.78 is 0. The lowest BCUT2D eigenvalue weighted by Gasteiger charge is -2.42. The Hall–Kier alpha value is -1.02. The summed E-state index contributed by atoms with van der Waals surface area (Å²) >= 11 is 0. The predicted molar refractivity (Wildman–Crippen MR) is 86.4 cm³/mol. The Morgan fingerprint density at radius 2 is 2.00 bits per heavy atom. The average Bonchev–Trinajstić information content (AvgIpc) is 2.77. The van der Waals surface area contributed by atoms with Crippen LogP contribution < -0.4 is 10.2 Å². The Bertz CT molecular complexity index is 443. The minimum atomic E-state index is 0.533. The lowest BCUT2D eigenvalue weighted by Crippen LogP contribution is -2.46. The number of benzene rings is 1. The second kappa shape index (κ2) is 5.77. The van der Waals surface area contributed by atoms with E-state index in [1.165, 1.54) is 57.4 Å². The van der Waals surface area contributed by atoms with E-state index in [-0.39, 0.29) is 0 Å². The second-order valence-electron chi connectivity index (χ2n) is 6.81. The van der Waals surface area contributed by atoms with Crippen molar-refractivity contribution in [3.63, 3.8) is 0 Å². The van der Waals surface area contributed by atoms with Gasteiger partial charge in [0.2, 0.25) is 0 Å². The van der Waals surface area contributed by atoms with Crippen molar-refractivity contribution >= 4 is 5.69 Å². The van der Waals surface area contributed by atoms with E-state index in [0.717, 1.165) is 0 Å². The van der Waals surface area contributed by atoms with E-state index in [4.69, 9.17) is 0 Å². The van der Waals surface area contributed by atoms with Gasteiger partial charge in [0, 0.05) is 18.3 Å². The van der Waals surface area contributed by atoms with E-state index >= 15 is 0 Å². The molecule has 2 aliphatic heterocycles. The summed E-state index contributed by atoms with van der Waals surface area (Å²) in [5, 5.41) is 3.53. The molecule has 0 radical (unpaired) electrons. The van der Waals surface area contributed by atoms with E-state index in [2.05, 4.69) is 48.3 Å². The number of fused-ring (bicyclic) bond motifs is 1. The van der Waals surface area contributed by atoms with Gasteiger partial charge < -0.3 is 10.2 Å². The molecular formula is C18H28N2. The molecule has 110 valence electrons. The zero-order chi connectivity index (χ0) is 14.0. The highest BCUT2D eigenvalue weighted by atomic mass is 15.2. The first-order chi connectivity index (χ1) is 9.74. The third kappa shape index (κ3) is 2.58. The number of rotatable bonds is 4. The summed E-state index contributed by atoms with van der Waals surface area (Å²) in [6.45, 7) is 8.38. The number of nitrogens with one attached hydrogen (secondary N) is 1. The van der Waals surface area contributed by atoms with Gasteiger partial charge in [-0.1, -0.05) is 31.5 Å². The minimum Gasteiger partial charge on any atom is -0.368 e. The summed E-state index contributed by atoms with van der Waals surface area (Å²) in [5.41, 5.74) is 3.57. The maximum Gasteiger partial charge on any atom is 0.0402 e. The van der Waals surface area contributed by atoms with Crippen LogP contribution in [-0.2, 0) is 6.42 Å². The molecule has 1 saturated heterocycles. The summed E-state index contributed by atoms with van der Waals surface area (Å²) in [7, 11) is 0. The SMILES string of the molecule is CCCC1(CN2c3ccccc3CC2C)CCNCC1. The van der Waals surface area contributed by atoms with Gasteiger partial charge in [-0.3, -0.25) is 0 Å². The molecule has 20 heavy (non-hydrogen) atoms. The van der Waals surface area contributed by atoms with Crippen LogP contribution >= 0.6 is 0 Å². The van der Waals surface area contributed by atoms with Gasteiger partial charge in [0.05, 0.1) is 0 Å².